The van der Waals surface area contributed by atoms with Crippen LogP contribution in [0.25, 0.3) is 0 Å². The predicted octanol–water partition coefficient (Wildman–Crippen LogP) is 3.37. The van der Waals surface area contributed by atoms with Gasteiger partial charge in [0, 0.05) is 11.3 Å². The standard InChI is InChI=1S/C14H17FN4/c1-8(2)12-13(16)17-7-18-14(12)19-10-4-5-11(15)9(3)6-10/h4-8H,1-3H3,(H3,16,17,18,19). The maximum atomic E-state index is 13.2. The van der Waals surface area contributed by atoms with Crippen molar-refractivity contribution in [3.63, 3.8) is 0 Å². The largest absolute Gasteiger partial charge is 0.383 e. The molecule has 0 atom stereocenters. The van der Waals surface area contributed by atoms with Crippen LogP contribution in [-0.2, 0) is 0 Å². The number of benzene rings is 1. The molecule has 1 heterocycles. The van der Waals surface area contributed by atoms with Crippen LogP contribution < -0.4 is 11.1 Å². The van der Waals surface area contributed by atoms with Crippen molar-refractivity contribution in [2.24, 2.45) is 0 Å². The van der Waals surface area contributed by atoms with E-state index >= 15 is 0 Å². The van der Waals surface area contributed by atoms with Crippen LogP contribution in [0.2, 0.25) is 0 Å². The molecule has 0 spiro atoms. The van der Waals surface area contributed by atoms with Crippen LogP contribution in [0.15, 0.2) is 24.5 Å². The second-order valence-corrected chi connectivity index (χ2v) is 4.76. The normalized spacial score (nSPS) is 10.8. The van der Waals surface area contributed by atoms with Crippen molar-refractivity contribution in [2.75, 3.05) is 11.1 Å². The Balaban J connectivity index is 2.38. The zero-order valence-corrected chi connectivity index (χ0v) is 11.2. The van der Waals surface area contributed by atoms with Gasteiger partial charge in [0.05, 0.1) is 0 Å². The van der Waals surface area contributed by atoms with E-state index in [-0.39, 0.29) is 11.7 Å². The minimum Gasteiger partial charge on any atom is -0.383 e. The molecule has 5 heteroatoms. The van der Waals surface area contributed by atoms with E-state index in [0.717, 1.165) is 11.3 Å². The lowest BCUT2D eigenvalue weighted by Gasteiger charge is -2.15. The number of rotatable bonds is 3. The maximum absolute atomic E-state index is 13.2. The van der Waals surface area contributed by atoms with Gasteiger partial charge in [-0.15, -0.1) is 0 Å². The molecule has 0 aliphatic carbocycles. The predicted molar refractivity (Wildman–Crippen MR) is 75.0 cm³/mol. The van der Waals surface area contributed by atoms with Crippen molar-refractivity contribution in [3.8, 4) is 0 Å². The van der Waals surface area contributed by atoms with Crippen molar-refractivity contribution >= 4 is 17.3 Å². The molecule has 2 aromatic rings. The van der Waals surface area contributed by atoms with Crippen molar-refractivity contribution < 1.29 is 4.39 Å². The Bertz CT molecular complexity index is 596. The molecule has 1 aromatic carbocycles. The Kier molecular flexibility index (Phi) is 3.64. The van der Waals surface area contributed by atoms with Crippen LogP contribution in [0.3, 0.4) is 0 Å². The number of nitrogens with zero attached hydrogens (tertiary/aromatic N) is 2. The minimum atomic E-state index is -0.225. The molecule has 4 nitrogen and oxygen atoms in total. The summed E-state index contributed by atoms with van der Waals surface area (Å²) in [5, 5.41) is 3.16. The van der Waals surface area contributed by atoms with E-state index in [1.54, 1.807) is 19.1 Å². The number of anilines is 3. The van der Waals surface area contributed by atoms with Gasteiger partial charge in [0.1, 0.15) is 23.8 Å². The van der Waals surface area contributed by atoms with Gasteiger partial charge in [0.2, 0.25) is 0 Å². The molecule has 0 aliphatic rings. The third kappa shape index (κ3) is 2.81. The summed E-state index contributed by atoms with van der Waals surface area (Å²) in [5.41, 5.74) is 8.10. The van der Waals surface area contributed by atoms with Crippen LogP contribution in [0.1, 0.15) is 30.9 Å². The molecule has 0 amide bonds. The first kappa shape index (κ1) is 13.3. The molecule has 0 saturated carbocycles. The van der Waals surface area contributed by atoms with Crippen LogP contribution in [-0.4, -0.2) is 9.97 Å². The number of nitrogens with two attached hydrogens (primary N) is 1. The summed E-state index contributed by atoms with van der Waals surface area (Å²) in [6.07, 6.45) is 1.42. The third-order valence-electron chi connectivity index (χ3n) is 2.91. The van der Waals surface area contributed by atoms with E-state index in [1.807, 2.05) is 13.8 Å². The first-order chi connectivity index (χ1) is 8.99. The average molecular weight is 260 g/mol. The molecule has 19 heavy (non-hydrogen) atoms. The van der Waals surface area contributed by atoms with E-state index in [0.29, 0.717) is 17.2 Å². The van der Waals surface area contributed by atoms with Gasteiger partial charge in [-0.3, -0.25) is 0 Å². The molecule has 3 N–H and O–H groups in total. The Labute approximate surface area is 111 Å². The monoisotopic (exact) mass is 260 g/mol. The summed E-state index contributed by atoms with van der Waals surface area (Å²) in [6.45, 7) is 5.77. The molecule has 100 valence electrons. The molecular weight excluding hydrogens is 243 g/mol. The molecule has 0 radical (unpaired) electrons. The van der Waals surface area contributed by atoms with Crippen molar-refractivity contribution in [1.82, 2.24) is 9.97 Å². The Morgan fingerprint density at radius 1 is 1.26 bits per heavy atom. The fourth-order valence-corrected chi connectivity index (χ4v) is 1.94. The van der Waals surface area contributed by atoms with Gasteiger partial charge in [0.25, 0.3) is 0 Å². The van der Waals surface area contributed by atoms with Crippen molar-refractivity contribution in [3.05, 3.63) is 41.5 Å². The summed E-state index contributed by atoms with van der Waals surface area (Å²) in [4.78, 5) is 8.21. The molecular formula is C14H17FN4. The summed E-state index contributed by atoms with van der Waals surface area (Å²) in [6, 6.07) is 4.83. The molecule has 0 saturated heterocycles. The summed E-state index contributed by atoms with van der Waals surface area (Å²) >= 11 is 0. The first-order valence-electron chi connectivity index (χ1n) is 6.12. The lowest BCUT2D eigenvalue weighted by molar-refractivity contribution is 0.619. The number of nitrogen functional groups attached to an aromatic ring is 1. The Morgan fingerprint density at radius 2 is 2.00 bits per heavy atom. The van der Waals surface area contributed by atoms with Gasteiger partial charge < -0.3 is 11.1 Å². The van der Waals surface area contributed by atoms with Gasteiger partial charge in [0.15, 0.2) is 0 Å². The van der Waals surface area contributed by atoms with E-state index in [1.165, 1.54) is 12.4 Å². The number of aromatic nitrogens is 2. The van der Waals surface area contributed by atoms with Crippen molar-refractivity contribution in [2.45, 2.75) is 26.7 Å². The molecule has 1 aromatic heterocycles. The smallest absolute Gasteiger partial charge is 0.139 e. The Morgan fingerprint density at radius 3 is 2.63 bits per heavy atom. The van der Waals surface area contributed by atoms with Crippen LogP contribution >= 0.6 is 0 Å². The van der Waals surface area contributed by atoms with Gasteiger partial charge >= 0.3 is 0 Å². The average Bonchev–Trinajstić information content (AvgIpc) is 2.33. The summed E-state index contributed by atoms with van der Waals surface area (Å²) in [5.74, 6) is 1.10. The molecule has 0 unspecified atom stereocenters. The zero-order chi connectivity index (χ0) is 14.0. The van der Waals surface area contributed by atoms with Gasteiger partial charge in [-0.2, -0.15) is 0 Å². The summed E-state index contributed by atoms with van der Waals surface area (Å²) in [7, 11) is 0. The molecule has 2 rings (SSSR count). The molecule has 0 fully saturated rings. The number of aryl methyl sites for hydroxylation is 1. The van der Waals surface area contributed by atoms with Gasteiger partial charge in [-0.1, -0.05) is 13.8 Å². The lowest BCUT2D eigenvalue weighted by Crippen LogP contribution is -2.06. The van der Waals surface area contributed by atoms with Crippen molar-refractivity contribution in [1.29, 1.82) is 0 Å². The molecule has 0 bridgehead atoms. The topological polar surface area (TPSA) is 63.8 Å². The highest BCUT2D eigenvalue weighted by Gasteiger charge is 2.13. The highest BCUT2D eigenvalue weighted by molar-refractivity contribution is 5.65. The second kappa shape index (κ2) is 5.22. The Hall–Kier alpha value is -2.17. The number of nitrogens with one attached hydrogen (secondary N) is 1. The highest BCUT2D eigenvalue weighted by atomic mass is 19.1. The minimum absolute atomic E-state index is 0.199. The quantitative estimate of drug-likeness (QED) is 0.888. The number of hydrogen-bond donors (Lipinski definition) is 2. The SMILES string of the molecule is Cc1cc(Nc2ncnc(N)c2C(C)C)ccc1F. The van der Waals surface area contributed by atoms with Crippen LogP contribution in [0, 0.1) is 12.7 Å². The molecule has 0 aliphatic heterocycles. The number of halogens is 1. The summed E-state index contributed by atoms with van der Waals surface area (Å²) < 4.78 is 13.2. The van der Waals surface area contributed by atoms with E-state index in [9.17, 15) is 4.39 Å². The van der Waals surface area contributed by atoms with Gasteiger partial charge in [-0.05, 0) is 36.6 Å². The fourth-order valence-electron chi connectivity index (χ4n) is 1.94. The van der Waals surface area contributed by atoms with Gasteiger partial charge in [-0.25, -0.2) is 14.4 Å². The van der Waals surface area contributed by atoms with Crippen LogP contribution in [0.5, 0.6) is 0 Å². The lowest BCUT2D eigenvalue weighted by atomic mass is 10.0. The van der Waals surface area contributed by atoms with E-state index < -0.39 is 0 Å². The fraction of sp³-hybridized carbons (Fsp3) is 0.286. The van der Waals surface area contributed by atoms with E-state index in [2.05, 4.69) is 15.3 Å². The third-order valence-corrected chi connectivity index (χ3v) is 2.91. The highest BCUT2D eigenvalue weighted by Crippen LogP contribution is 2.28. The zero-order valence-electron chi connectivity index (χ0n) is 11.2. The first-order valence-corrected chi connectivity index (χ1v) is 6.12. The maximum Gasteiger partial charge on any atom is 0.139 e. The van der Waals surface area contributed by atoms with E-state index in [4.69, 9.17) is 5.73 Å². The number of hydrogen-bond acceptors (Lipinski definition) is 4. The second-order valence-electron chi connectivity index (χ2n) is 4.76. The van der Waals surface area contributed by atoms with Crippen LogP contribution in [0.4, 0.5) is 21.7 Å².